The first-order valence-electron chi connectivity index (χ1n) is 5.91. The molecule has 0 unspecified atom stereocenters. The molecular formula is C15H10F4O2. The molecule has 0 aliphatic carbocycles. The Labute approximate surface area is 117 Å². The van der Waals surface area contributed by atoms with Crippen LogP contribution in [-0.2, 0) is 6.18 Å². The van der Waals surface area contributed by atoms with E-state index in [4.69, 9.17) is 5.11 Å². The van der Waals surface area contributed by atoms with E-state index in [1.807, 2.05) is 0 Å². The van der Waals surface area contributed by atoms with Gasteiger partial charge in [-0.05, 0) is 36.8 Å². The Morgan fingerprint density at radius 1 is 1.10 bits per heavy atom. The van der Waals surface area contributed by atoms with Crippen molar-refractivity contribution in [2.75, 3.05) is 0 Å². The molecule has 0 saturated heterocycles. The molecule has 6 heteroatoms. The summed E-state index contributed by atoms with van der Waals surface area (Å²) < 4.78 is 52.5. The van der Waals surface area contributed by atoms with Gasteiger partial charge in [0.05, 0.1) is 11.1 Å². The van der Waals surface area contributed by atoms with Crippen LogP contribution in [0.4, 0.5) is 17.6 Å². The molecule has 0 aromatic heterocycles. The van der Waals surface area contributed by atoms with E-state index in [2.05, 4.69) is 0 Å². The lowest BCUT2D eigenvalue weighted by molar-refractivity contribution is -0.138. The maximum atomic E-state index is 13.7. The van der Waals surface area contributed by atoms with Crippen molar-refractivity contribution in [1.82, 2.24) is 0 Å². The summed E-state index contributed by atoms with van der Waals surface area (Å²) in [6.45, 7) is 1.68. The number of aromatic carboxylic acids is 1. The minimum Gasteiger partial charge on any atom is -0.478 e. The molecule has 0 radical (unpaired) electrons. The summed E-state index contributed by atoms with van der Waals surface area (Å²) in [5.41, 5.74) is -1.50. The highest BCUT2D eigenvalue weighted by molar-refractivity contribution is 5.90. The van der Waals surface area contributed by atoms with Gasteiger partial charge in [0, 0.05) is 5.56 Å². The zero-order valence-electron chi connectivity index (χ0n) is 10.8. The molecule has 1 N–H and O–H groups in total. The normalized spacial score (nSPS) is 11.5. The molecule has 21 heavy (non-hydrogen) atoms. The average molecular weight is 298 g/mol. The molecule has 0 aliphatic rings. The predicted molar refractivity (Wildman–Crippen MR) is 68.5 cm³/mol. The number of carboxylic acid groups (broad SMARTS) is 1. The number of halogens is 4. The maximum absolute atomic E-state index is 13.7. The molecule has 0 spiro atoms. The van der Waals surface area contributed by atoms with Crippen LogP contribution in [0, 0.1) is 12.7 Å². The van der Waals surface area contributed by atoms with Crippen molar-refractivity contribution >= 4 is 5.97 Å². The molecule has 2 nitrogen and oxygen atoms in total. The van der Waals surface area contributed by atoms with Crippen LogP contribution in [0.1, 0.15) is 21.5 Å². The van der Waals surface area contributed by atoms with Crippen molar-refractivity contribution in [3.8, 4) is 11.1 Å². The molecule has 110 valence electrons. The lowest BCUT2D eigenvalue weighted by Crippen LogP contribution is -2.13. The number of hydrogen-bond acceptors (Lipinski definition) is 1. The van der Waals surface area contributed by atoms with E-state index in [-0.39, 0.29) is 11.1 Å². The van der Waals surface area contributed by atoms with E-state index in [1.165, 1.54) is 12.1 Å². The molecule has 0 saturated carbocycles. The van der Waals surface area contributed by atoms with E-state index in [1.54, 1.807) is 6.92 Å². The highest BCUT2D eigenvalue weighted by Crippen LogP contribution is 2.35. The van der Waals surface area contributed by atoms with Gasteiger partial charge in [0.25, 0.3) is 0 Å². The standard InChI is InChI=1S/C15H10F4O2/c1-8-2-5-13(16)11(6-8)9-3-4-10(14(20)21)12(7-9)15(17,18)19/h2-7H,1H3,(H,20,21). The number of hydrogen-bond donors (Lipinski definition) is 1. The fraction of sp³-hybridized carbons (Fsp3) is 0.133. The molecule has 0 heterocycles. The lowest BCUT2D eigenvalue weighted by Gasteiger charge is -2.13. The Bertz CT molecular complexity index is 705. The summed E-state index contributed by atoms with van der Waals surface area (Å²) in [4.78, 5) is 10.9. The molecule has 0 amide bonds. The van der Waals surface area contributed by atoms with Crippen LogP contribution in [0.5, 0.6) is 0 Å². The zero-order valence-corrected chi connectivity index (χ0v) is 10.8. The van der Waals surface area contributed by atoms with Gasteiger partial charge >= 0.3 is 12.1 Å². The minimum absolute atomic E-state index is 0.00237. The second-order valence-electron chi connectivity index (χ2n) is 4.55. The van der Waals surface area contributed by atoms with Crippen molar-refractivity contribution in [2.24, 2.45) is 0 Å². The number of carbonyl (C=O) groups is 1. The topological polar surface area (TPSA) is 37.3 Å². The fourth-order valence-corrected chi connectivity index (χ4v) is 1.99. The first-order valence-corrected chi connectivity index (χ1v) is 5.91. The maximum Gasteiger partial charge on any atom is 0.417 e. The van der Waals surface area contributed by atoms with Gasteiger partial charge in [-0.15, -0.1) is 0 Å². The van der Waals surface area contributed by atoms with Crippen LogP contribution in [-0.4, -0.2) is 11.1 Å². The van der Waals surface area contributed by atoms with Crippen molar-refractivity contribution in [2.45, 2.75) is 13.1 Å². The number of carboxylic acids is 1. The van der Waals surface area contributed by atoms with Gasteiger partial charge in [0.1, 0.15) is 5.82 Å². The van der Waals surface area contributed by atoms with E-state index in [0.717, 1.165) is 18.2 Å². The quantitative estimate of drug-likeness (QED) is 0.828. The first kappa shape index (κ1) is 15.0. The van der Waals surface area contributed by atoms with E-state index in [0.29, 0.717) is 11.6 Å². The predicted octanol–water partition coefficient (Wildman–Crippen LogP) is 4.52. The molecule has 0 bridgehead atoms. The van der Waals surface area contributed by atoms with Crippen LogP contribution < -0.4 is 0 Å². The van der Waals surface area contributed by atoms with Crippen LogP contribution in [0.3, 0.4) is 0 Å². The van der Waals surface area contributed by atoms with Gasteiger partial charge in [0.2, 0.25) is 0 Å². The minimum atomic E-state index is -4.83. The summed E-state index contributed by atoms with van der Waals surface area (Å²) in [5.74, 6) is -2.35. The van der Waals surface area contributed by atoms with Crippen LogP contribution in [0.2, 0.25) is 0 Å². The summed E-state index contributed by atoms with van der Waals surface area (Å²) in [5, 5.41) is 8.82. The average Bonchev–Trinajstić information content (AvgIpc) is 2.40. The van der Waals surface area contributed by atoms with E-state index < -0.39 is 29.1 Å². The second-order valence-corrected chi connectivity index (χ2v) is 4.55. The van der Waals surface area contributed by atoms with Gasteiger partial charge in [-0.1, -0.05) is 17.7 Å². The monoisotopic (exact) mass is 298 g/mol. The van der Waals surface area contributed by atoms with Gasteiger partial charge in [-0.25, -0.2) is 9.18 Å². The first-order chi connectivity index (χ1) is 9.70. The lowest BCUT2D eigenvalue weighted by atomic mass is 9.97. The van der Waals surface area contributed by atoms with Crippen molar-refractivity contribution in [3.05, 3.63) is 58.9 Å². The summed E-state index contributed by atoms with van der Waals surface area (Å²) >= 11 is 0. The number of alkyl halides is 3. The largest absolute Gasteiger partial charge is 0.478 e. The Hall–Kier alpha value is -2.37. The van der Waals surface area contributed by atoms with Crippen molar-refractivity contribution in [3.63, 3.8) is 0 Å². The molecule has 0 aliphatic heterocycles. The molecule has 2 aromatic carbocycles. The number of aryl methyl sites for hydroxylation is 1. The molecular weight excluding hydrogens is 288 g/mol. The fourth-order valence-electron chi connectivity index (χ4n) is 1.99. The molecule has 0 atom stereocenters. The third-order valence-electron chi connectivity index (χ3n) is 2.99. The van der Waals surface area contributed by atoms with Crippen LogP contribution in [0.25, 0.3) is 11.1 Å². The number of benzene rings is 2. The SMILES string of the molecule is Cc1ccc(F)c(-c2ccc(C(=O)O)c(C(F)(F)F)c2)c1. The van der Waals surface area contributed by atoms with Gasteiger partial charge < -0.3 is 5.11 Å². The highest BCUT2D eigenvalue weighted by atomic mass is 19.4. The Morgan fingerprint density at radius 3 is 2.33 bits per heavy atom. The van der Waals surface area contributed by atoms with Gasteiger partial charge in [-0.2, -0.15) is 13.2 Å². The molecule has 0 fully saturated rings. The van der Waals surface area contributed by atoms with Gasteiger partial charge in [0.15, 0.2) is 0 Å². The van der Waals surface area contributed by atoms with Crippen molar-refractivity contribution < 1.29 is 27.5 Å². The van der Waals surface area contributed by atoms with Crippen molar-refractivity contribution in [1.29, 1.82) is 0 Å². The van der Waals surface area contributed by atoms with Gasteiger partial charge in [-0.3, -0.25) is 0 Å². The summed E-state index contributed by atoms with van der Waals surface area (Å²) in [6.07, 6.45) is -4.83. The Morgan fingerprint density at radius 2 is 1.76 bits per heavy atom. The summed E-state index contributed by atoms with van der Waals surface area (Å²) in [6, 6.07) is 6.71. The Kier molecular flexibility index (Phi) is 3.72. The third-order valence-corrected chi connectivity index (χ3v) is 2.99. The summed E-state index contributed by atoms with van der Waals surface area (Å²) in [7, 11) is 0. The molecule has 2 aromatic rings. The van der Waals surface area contributed by atoms with Crippen LogP contribution >= 0.6 is 0 Å². The Balaban J connectivity index is 2.67. The third kappa shape index (κ3) is 3.04. The number of rotatable bonds is 2. The molecule has 2 rings (SSSR count). The van der Waals surface area contributed by atoms with E-state index >= 15 is 0 Å². The smallest absolute Gasteiger partial charge is 0.417 e. The zero-order chi connectivity index (χ0) is 15.8. The highest BCUT2D eigenvalue weighted by Gasteiger charge is 2.35. The van der Waals surface area contributed by atoms with Crippen LogP contribution in [0.15, 0.2) is 36.4 Å². The second kappa shape index (κ2) is 5.20. The van der Waals surface area contributed by atoms with E-state index in [9.17, 15) is 22.4 Å².